The van der Waals surface area contributed by atoms with E-state index in [2.05, 4.69) is 12.2 Å². The highest BCUT2D eigenvalue weighted by atomic mass is 32.2. The highest BCUT2D eigenvalue weighted by Gasteiger charge is 2.13. The van der Waals surface area contributed by atoms with Gasteiger partial charge in [0.15, 0.2) is 0 Å². The van der Waals surface area contributed by atoms with E-state index in [0.717, 1.165) is 36.7 Å². The lowest BCUT2D eigenvalue weighted by molar-refractivity contribution is -0.120. The van der Waals surface area contributed by atoms with Crippen molar-refractivity contribution in [3.63, 3.8) is 0 Å². The number of amides is 1. The molecule has 0 radical (unpaired) electrons. The summed E-state index contributed by atoms with van der Waals surface area (Å²) in [6, 6.07) is 3.62. The minimum absolute atomic E-state index is 0.209. The summed E-state index contributed by atoms with van der Waals surface area (Å²) in [6.45, 7) is 2.90. The first-order valence-corrected chi connectivity index (χ1v) is 7.02. The predicted octanol–water partition coefficient (Wildman–Crippen LogP) is 1.76. The number of rotatable bonds is 9. The van der Waals surface area contributed by atoms with Crippen LogP contribution in [0, 0.1) is 0 Å². The minimum atomic E-state index is -0.267. The largest absolute Gasteiger partial charge is 0.468 e. The highest BCUT2D eigenvalue weighted by Crippen LogP contribution is 2.14. The summed E-state index contributed by atoms with van der Waals surface area (Å²) in [5.41, 5.74) is 5.33. The standard InChI is InChI=1S/C12H20N2O2S/c1-2-6-14-11(12(13)15)5-8-17-9-10-4-3-7-16-10/h3-4,7,11,14H,2,5-6,8-9H2,1H3,(H2,13,15). The third-order valence-electron chi connectivity index (χ3n) is 2.36. The molecule has 1 atom stereocenters. The number of furan rings is 1. The molecule has 0 aromatic carbocycles. The average molecular weight is 256 g/mol. The van der Waals surface area contributed by atoms with Gasteiger partial charge in [0.2, 0.25) is 5.91 Å². The van der Waals surface area contributed by atoms with Crippen LogP contribution in [0.15, 0.2) is 22.8 Å². The molecule has 0 aliphatic heterocycles. The molecule has 0 saturated carbocycles. The summed E-state index contributed by atoms with van der Waals surface area (Å²) in [6.07, 6.45) is 3.44. The molecule has 0 aliphatic carbocycles. The van der Waals surface area contributed by atoms with Crippen LogP contribution in [0.1, 0.15) is 25.5 Å². The molecule has 5 heteroatoms. The van der Waals surface area contributed by atoms with Gasteiger partial charge in [0.05, 0.1) is 18.1 Å². The van der Waals surface area contributed by atoms with Crippen molar-refractivity contribution in [2.75, 3.05) is 12.3 Å². The monoisotopic (exact) mass is 256 g/mol. The first-order valence-electron chi connectivity index (χ1n) is 5.87. The van der Waals surface area contributed by atoms with Crippen molar-refractivity contribution in [3.8, 4) is 0 Å². The zero-order valence-electron chi connectivity index (χ0n) is 10.1. The fraction of sp³-hybridized carbons (Fsp3) is 0.583. The smallest absolute Gasteiger partial charge is 0.234 e. The van der Waals surface area contributed by atoms with Gasteiger partial charge in [-0.1, -0.05) is 6.92 Å². The molecule has 1 unspecified atom stereocenters. The Kier molecular flexibility index (Phi) is 6.81. The number of nitrogens with two attached hydrogens (primary N) is 1. The van der Waals surface area contributed by atoms with Gasteiger partial charge in [-0.3, -0.25) is 4.79 Å². The molecule has 0 bridgehead atoms. The molecule has 1 aromatic heterocycles. The molecular weight excluding hydrogens is 236 g/mol. The Morgan fingerprint density at radius 1 is 1.65 bits per heavy atom. The molecule has 3 N–H and O–H groups in total. The minimum Gasteiger partial charge on any atom is -0.468 e. The maximum absolute atomic E-state index is 11.2. The van der Waals surface area contributed by atoms with Gasteiger partial charge in [0.25, 0.3) is 0 Å². The van der Waals surface area contributed by atoms with Crippen LogP contribution in [0.2, 0.25) is 0 Å². The number of thioether (sulfide) groups is 1. The zero-order valence-corrected chi connectivity index (χ0v) is 11.0. The van der Waals surface area contributed by atoms with E-state index in [1.54, 1.807) is 18.0 Å². The van der Waals surface area contributed by atoms with Crippen LogP contribution >= 0.6 is 11.8 Å². The fourth-order valence-electron chi connectivity index (χ4n) is 1.43. The van der Waals surface area contributed by atoms with E-state index in [1.807, 2.05) is 12.1 Å². The molecule has 0 aliphatic rings. The van der Waals surface area contributed by atoms with E-state index in [-0.39, 0.29) is 11.9 Å². The summed E-state index contributed by atoms with van der Waals surface area (Å²) in [5.74, 6) is 2.43. The van der Waals surface area contributed by atoms with Crippen molar-refractivity contribution >= 4 is 17.7 Å². The lowest BCUT2D eigenvalue weighted by atomic mass is 10.2. The number of carbonyl (C=O) groups excluding carboxylic acids is 1. The van der Waals surface area contributed by atoms with E-state index in [0.29, 0.717) is 0 Å². The molecule has 17 heavy (non-hydrogen) atoms. The Labute approximate surface area is 106 Å². The number of carbonyl (C=O) groups is 1. The van der Waals surface area contributed by atoms with E-state index in [4.69, 9.17) is 10.2 Å². The van der Waals surface area contributed by atoms with Crippen LogP contribution < -0.4 is 11.1 Å². The second kappa shape index (κ2) is 8.20. The number of hydrogen-bond acceptors (Lipinski definition) is 4. The Morgan fingerprint density at radius 2 is 2.47 bits per heavy atom. The second-order valence-corrected chi connectivity index (χ2v) is 4.93. The summed E-state index contributed by atoms with van der Waals surface area (Å²) in [5, 5.41) is 3.15. The second-order valence-electron chi connectivity index (χ2n) is 3.83. The third kappa shape index (κ3) is 5.79. The molecule has 0 saturated heterocycles. The van der Waals surface area contributed by atoms with Gasteiger partial charge in [-0.05, 0) is 37.3 Å². The number of hydrogen-bond donors (Lipinski definition) is 2. The Morgan fingerprint density at radius 3 is 3.06 bits per heavy atom. The Bertz CT molecular complexity index is 314. The van der Waals surface area contributed by atoms with Crippen molar-refractivity contribution in [2.45, 2.75) is 31.6 Å². The van der Waals surface area contributed by atoms with Crippen LogP contribution in [-0.2, 0) is 10.5 Å². The Balaban J connectivity index is 2.16. The van der Waals surface area contributed by atoms with E-state index in [1.165, 1.54) is 0 Å². The normalized spacial score (nSPS) is 12.5. The van der Waals surface area contributed by atoms with Gasteiger partial charge in [-0.25, -0.2) is 0 Å². The lowest BCUT2D eigenvalue weighted by Crippen LogP contribution is -2.41. The molecule has 1 amide bonds. The van der Waals surface area contributed by atoms with Crippen molar-refractivity contribution < 1.29 is 9.21 Å². The number of primary amides is 1. The first-order chi connectivity index (χ1) is 8.24. The lowest BCUT2D eigenvalue weighted by Gasteiger charge is -2.14. The summed E-state index contributed by atoms with van der Waals surface area (Å²) >= 11 is 1.75. The van der Waals surface area contributed by atoms with Gasteiger partial charge in [0, 0.05) is 0 Å². The maximum Gasteiger partial charge on any atom is 0.234 e. The topological polar surface area (TPSA) is 68.3 Å². The summed E-state index contributed by atoms with van der Waals surface area (Å²) in [4.78, 5) is 11.2. The van der Waals surface area contributed by atoms with Crippen LogP contribution in [0.4, 0.5) is 0 Å². The quantitative estimate of drug-likeness (QED) is 0.661. The van der Waals surface area contributed by atoms with Crippen molar-refractivity contribution in [1.82, 2.24) is 5.32 Å². The van der Waals surface area contributed by atoms with E-state index in [9.17, 15) is 4.79 Å². The van der Waals surface area contributed by atoms with Crippen LogP contribution in [0.3, 0.4) is 0 Å². The third-order valence-corrected chi connectivity index (χ3v) is 3.37. The highest BCUT2D eigenvalue weighted by molar-refractivity contribution is 7.98. The fourth-order valence-corrected chi connectivity index (χ4v) is 2.34. The molecular formula is C12H20N2O2S. The van der Waals surface area contributed by atoms with Crippen LogP contribution in [0.25, 0.3) is 0 Å². The molecule has 1 aromatic rings. The van der Waals surface area contributed by atoms with Crippen LogP contribution in [-0.4, -0.2) is 24.2 Å². The zero-order chi connectivity index (χ0) is 12.5. The maximum atomic E-state index is 11.2. The molecule has 1 rings (SSSR count). The summed E-state index contributed by atoms with van der Waals surface area (Å²) < 4.78 is 5.22. The van der Waals surface area contributed by atoms with Crippen LogP contribution in [0.5, 0.6) is 0 Å². The van der Waals surface area contributed by atoms with Gasteiger partial charge >= 0.3 is 0 Å². The van der Waals surface area contributed by atoms with E-state index < -0.39 is 0 Å². The van der Waals surface area contributed by atoms with Crippen molar-refractivity contribution in [2.24, 2.45) is 5.73 Å². The average Bonchev–Trinajstić information content (AvgIpc) is 2.80. The van der Waals surface area contributed by atoms with Gasteiger partial charge in [-0.2, -0.15) is 11.8 Å². The molecule has 0 spiro atoms. The van der Waals surface area contributed by atoms with E-state index >= 15 is 0 Å². The molecule has 0 fully saturated rings. The van der Waals surface area contributed by atoms with Gasteiger partial charge < -0.3 is 15.5 Å². The van der Waals surface area contributed by atoms with Crippen molar-refractivity contribution in [3.05, 3.63) is 24.2 Å². The van der Waals surface area contributed by atoms with Gasteiger partial charge in [-0.15, -0.1) is 0 Å². The first kappa shape index (κ1) is 14.1. The Hall–Kier alpha value is -0.940. The number of nitrogens with one attached hydrogen (secondary N) is 1. The SMILES string of the molecule is CCCNC(CCSCc1ccco1)C(N)=O. The van der Waals surface area contributed by atoms with Crippen molar-refractivity contribution in [1.29, 1.82) is 0 Å². The predicted molar refractivity (Wildman–Crippen MR) is 70.8 cm³/mol. The van der Waals surface area contributed by atoms with Gasteiger partial charge in [0.1, 0.15) is 5.76 Å². The summed E-state index contributed by atoms with van der Waals surface area (Å²) in [7, 11) is 0. The molecule has 4 nitrogen and oxygen atoms in total. The molecule has 1 heterocycles. The molecule has 96 valence electrons.